The van der Waals surface area contributed by atoms with Crippen LogP contribution < -0.4 is 10.9 Å². The smallest absolute Gasteiger partial charge is 0.282 e. The first-order chi connectivity index (χ1) is 7.93. The Hall–Kier alpha value is -1.54. The van der Waals surface area contributed by atoms with E-state index in [1.165, 1.54) is 13.0 Å². The average Bonchev–Trinajstić information content (AvgIpc) is 2.56. The molecule has 0 bridgehead atoms. The summed E-state index contributed by atoms with van der Waals surface area (Å²) in [5.74, 6) is -0.658. The number of carbonyl (C=O) groups is 1. The van der Waals surface area contributed by atoms with Crippen LogP contribution in [-0.4, -0.2) is 16.1 Å². The molecule has 0 aromatic carbocycles. The number of aromatic nitrogens is 2. The Morgan fingerprint density at radius 2 is 2.12 bits per heavy atom. The minimum Gasteiger partial charge on any atom is -0.365 e. The van der Waals surface area contributed by atoms with E-state index in [1.807, 2.05) is 0 Å². The van der Waals surface area contributed by atoms with Crippen LogP contribution in [-0.2, 0) is 4.79 Å². The van der Waals surface area contributed by atoms with Crippen LogP contribution in [0.3, 0.4) is 0 Å². The maximum Gasteiger partial charge on any atom is 0.282 e. The van der Waals surface area contributed by atoms with Crippen molar-refractivity contribution in [2.45, 2.75) is 18.2 Å². The van der Waals surface area contributed by atoms with Crippen LogP contribution in [0.25, 0.3) is 6.08 Å². The normalized spacial score (nSPS) is 20.3. The first-order valence-electron chi connectivity index (χ1n) is 4.65. The van der Waals surface area contributed by atoms with Gasteiger partial charge in [0, 0.05) is 4.90 Å². The molecule has 1 aliphatic heterocycles. The van der Waals surface area contributed by atoms with Gasteiger partial charge in [-0.05, 0) is 18.6 Å². The van der Waals surface area contributed by atoms with E-state index in [4.69, 9.17) is 10.9 Å². The molecule has 4 N–H and O–H groups in total. The SMILES string of the molecule is Cc1c(C(F)F)nnc2c1[SH](N)C(C(N)=O)=C2. The lowest BCUT2D eigenvalue weighted by molar-refractivity contribution is -0.113. The molecule has 1 aliphatic rings. The van der Waals surface area contributed by atoms with Gasteiger partial charge in [0.2, 0.25) is 0 Å². The number of nitrogens with zero attached hydrogens (tertiary/aromatic N) is 2. The Bertz CT molecular complexity index is 532. The highest BCUT2D eigenvalue weighted by atomic mass is 32.2. The molecule has 0 fully saturated rings. The number of amides is 1. The lowest BCUT2D eigenvalue weighted by Crippen LogP contribution is -2.15. The molecule has 0 spiro atoms. The molecule has 1 atom stereocenters. The van der Waals surface area contributed by atoms with E-state index in [-0.39, 0.29) is 10.5 Å². The van der Waals surface area contributed by atoms with Gasteiger partial charge >= 0.3 is 0 Å². The number of hydrogen-bond donors (Lipinski definition) is 3. The van der Waals surface area contributed by atoms with E-state index in [0.29, 0.717) is 10.6 Å². The molecule has 2 heterocycles. The summed E-state index contributed by atoms with van der Waals surface area (Å²) in [6, 6.07) is 0. The highest BCUT2D eigenvalue weighted by molar-refractivity contribution is 8.19. The second-order valence-electron chi connectivity index (χ2n) is 3.51. The molecule has 5 nitrogen and oxygen atoms in total. The van der Waals surface area contributed by atoms with Gasteiger partial charge in [0.1, 0.15) is 11.4 Å². The fourth-order valence-electron chi connectivity index (χ4n) is 1.66. The second-order valence-corrected chi connectivity index (χ2v) is 5.18. The van der Waals surface area contributed by atoms with Crippen molar-refractivity contribution in [3.63, 3.8) is 0 Å². The van der Waals surface area contributed by atoms with Crippen molar-refractivity contribution >= 4 is 23.1 Å². The molecule has 92 valence electrons. The zero-order chi connectivity index (χ0) is 12.7. The summed E-state index contributed by atoms with van der Waals surface area (Å²) in [4.78, 5) is 11.8. The largest absolute Gasteiger partial charge is 0.365 e. The number of rotatable bonds is 2. The zero-order valence-electron chi connectivity index (χ0n) is 8.82. The summed E-state index contributed by atoms with van der Waals surface area (Å²) in [6.07, 6.45) is -1.30. The molecule has 1 amide bonds. The molecule has 0 saturated heterocycles. The molecule has 0 saturated carbocycles. The Balaban J connectivity index is 2.56. The molecule has 1 aromatic rings. The lowest BCUT2D eigenvalue weighted by Gasteiger charge is -2.16. The fraction of sp³-hybridized carbons (Fsp3) is 0.222. The zero-order valence-corrected chi connectivity index (χ0v) is 9.71. The number of primary amides is 1. The van der Waals surface area contributed by atoms with Crippen LogP contribution in [0.5, 0.6) is 0 Å². The van der Waals surface area contributed by atoms with E-state index in [1.54, 1.807) is 0 Å². The molecule has 0 radical (unpaired) electrons. The molecular weight excluding hydrogens is 250 g/mol. The number of thiol groups is 1. The number of alkyl halides is 2. The van der Waals surface area contributed by atoms with E-state index >= 15 is 0 Å². The van der Waals surface area contributed by atoms with Crippen LogP contribution in [0, 0.1) is 6.92 Å². The number of carbonyl (C=O) groups excluding carboxylic acids is 1. The van der Waals surface area contributed by atoms with Gasteiger partial charge in [0.15, 0.2) is 0 Å². The van der Waals surface area contributed by atoms with Gasteiger partial charge in [0.25, 0.3) is 12.3 Å². The summed E-state index contributed by atoms with van der Waals surface area (Å²) in [5.41, 5.74) is 5.39. The summed E-state index contributed by atoms with van der Waals surface area (Å²) in [6.45, 7) is 1.50. The predicted molar refractivity (Wildman–Crippen MR) is 60.3 cm³/mol. The first-order valence-corrected chi connectivity index (χ1v) is 6.06. The van der Waals surface area contributed by atoms with Gasteiger partial charge in [-0.1, -0.05) is 0 Å². The topological polar surface area (TPSA) is 94.9 Å². The standard InChI is InChI=1S/C9H10F2N4OS/c1-3-6(8(10)11)15-14-4-2-5(9(12)16)17(13)7(3)4/h2,8,17H,13H2,1H3,(H2,12,16). The van der Waals surface area contributed by atoms with E-state index in [0.717, 1.165) is 0 Å². The van der Waals surface area contributed by atoms with Crippen LogP contribution in [0.1, 0.15) is 23.4 Å². The predicted octanol–water partition coefficient (Wildman–Crippen LogP) is 0.796. The van der Waals surface area contributed by atoms with E-state index < -0.39 is 29.1 Å². The third-order valence-electron chi connectivity index (χ3n) is 2.48. The maximum atomic E-state index is 12.6. The molecule has 1 aromatic heterocycles. The van der Waals surface area contributed by atoms with Gasteiger partial charge in [-0.3, -0.25) is 9.93 Å². The summed E-state index contributed by atoms with van der Waals surface area (Å²) >= 11 is -1.49. The third kappa shape index (κ3) is 1.79. The Morgan fingerprint density at radius 1 is 1.47 bits per heavy atom. The average molecular weight is 260 g/mol. The minimum absolute atomic E-state index is 0.221. The molecule has 17 heavy (non-hydrogen) atoms. The van der Waals surface area contributed by atoms with Gasteiger partial charge in [-0.2, -0.15) is 0 Å². The lowest BCUT2D eigenvalue weighted by atomic mass is 10.2. The van der Waals surface area contributed by atoms with Gasteiger partial charge in [0.05, 0.1) is 4.91 Å². The summed E-state index contributed by atoms with van der Waals surface area (Å²) in [5, 5.41) is 12.9. The van der Waals surface area contributed by atoms with E-state index in [2.05, 4.69) is 10.2 Å². The summed E-state index contributed by atoms with van der Waals surface area (Å²) in [7, 11) is 0. The van der Waals surface area contributed by atoms with Gasteiger partial charge in [-0.25, -0.2) is 8.78 Å². The molecular formula is C9H10F2N4OS. The number of fused-ring (bicyclic) bond motifs is 1. The highest BCUT2D eigenvalue weighted by Crippen LogP contribution is 2.48. The number of halogens is 2. The maximum absolute atomic E-state index is 12.6. The van der Waals surface area contributed by atoms with Gasteiger partial charge < -0.3 is 5.73 Å². The monoisotopic (exact) mass is 260 g/mol. The third-order valence-corrected chi connectivity index (χ3v) is 4.40. The molecule has 0 aliphatic carbocycles. The number of nitrogens with two attached hydrogens (primary N) is 2. The van der Waals surface area contributed by atoms with Crippen LogP contribution in [0.2, 0.25) is 0 Å². The Kier molecular flexibility index (Phi) is 2.84. The van der Waals surface area contributed by atoms with Crippen LogP contribution in [0.15, 0.2) is 9.80 Å². The molecule has 8 heteroatoms. The van der Waals surface area contributed by atoms with Gasteiger partial charge in [-0.15, -0.1) is 21.3 Å². The molecule has 1 unspecified atom stereocenters. The van der Waals surface area contributed by atoms with Crippen molar-refractivity contribution in [2.24, 2.45) is 10.9 Å². The Labute approximate surface area is 98.4 Å². The van der Waals surface area contributed by atoms with Crippen molar-refractivity contribution in [1.82, 2.24) is 10.2 Å². The van der Waals surface area contributed by atoms with Crippen LogP contribution >= 0.6 is 11.1 Å². The fourth-order valence-corrected chi connectivity index (χ4v) is 3.23. The second kappa shape index (κ2) is 4.04. The quantitative estimate of drug-likeness (QED) is 0.685. The van der Waals surface area contributed by atoms with Crippen molar-refractivity contribution in [3.05, 3.63) is 21.9 Å². The molecule has 2 rings (SSSR count). The minimum atomic E-state index is -2.71. The Morgan fingerprint density at radius 3 is 2.65 bits per heavy atom. The van der Waals surface area contributed by atoms with Crippen molar-refractivity contribution in [3.8, 4) is 0 Å². The van der Waals surface area contributed by atoms with Crippen LogP contribution in [0.4, 0.5) is 8.78 Å². The van der Waals surface area contributed by atoms with Crippen molar-refractivity contribution in [1.29, 1.82) is 0 Å². The van der Waals surface area contributed by atoms with Crippen molar-refractivity contribution in [2.75, 3.05) is 0 Å². The summed E-state index contributed by atoms with van der Waals surface area (Å²) < 4.78 is 25.3. The van der Waals surface area contributed by atoms with Crippen molar-refractivity contribution < 1.29 is 13.6 Å². The van der Waals surface area contributed by atoms with E-state index in [9.17, 15) is 13.6 Å². The first kappa shape index (κ1) is 11.9. The highest BCUT2D eigenvalue weighted by Gasteiger charge is 2.29. The number of hydrogen-bond acceptors (Lipinski definition) is 4.